The standard InChI is InChI=1S/C22H23F8NO3/c1-31(21(25,26)27)13-5-10-19(33-20(23)24)32-18-9-3-2-7-16(18)12-11-15-6-4-8-17(14-15)34-22(28,29)30/h2-4,6-9,14,19-20H,5,10-13H2,1H3/t19-/m1/s1. The predicted molar refractivity (Wildman–Crippen MR) is 106 cm³/mol. The second kappa shape index (κ2) is 12.2. The van der Waals surface area contributed by atoms with Crippen molar-refractivity contribution in [3.63, 3.8) is 0 Å². The molecule has 34 heavy (non-hydrogen) atoms. The van der Waals surface area contributed by atoms with Gasteiger partial charge in [-0.15, -0.1) is 13.2 Å². The Bertz CT molecular complexity index is 889. The summed E-state index contributed by atoms with van der Waals surface area (Å²) in [7, 11) is 0.841. The Balaban J connectivity index is 2.03. The number of nitrogens with zero attached hydrogens (tertiary/aromatic N) is 1. The van der Waals surface area contributed by atoms with Crippen LogP contribution in [-0.4, -0.2) is 44.1 Å². The first kappa shape index (κ1) is 27.6. The molecule has 2 rings (SSSR count). The molecule has 12 heteroatoms. The molecule has 2 aromatic carbocycles. The maximum Gasteiger partial charge on any atom is 0.573 e. The molecule has 190 valence electrons. The Hall–Kier alpha value is -2.60. The Morgan fingerprint density at radius 1 is 0.912 bits per heavy atom. The van der Waals surface area contributed by atoms with Crippen LogP contribution in [0.4, 0.5) is 35.1 Å². The molecule has 0 unspecified atom stereocenters. The SMILES string of the molecule is CN(CCC[C@H](Oc1ccccc1CCc1cccc(OC(F)(F)F)c1)OC(F)F)C(F)(F)F. The summed E-state index contributed by atoms with van der Waals surface area (Å²) < 4.78 is 114. The van der Waals surface area contributed by atoms with Gasteiger partial charge in [0.2, 0.25) is 6.29 Å². The normalized spacial score (nSPS) is 13.4. The van der Waals surface area contributed by atoms with Gasteiger partial charge in [0.25, 0.3) is 0 Å². The highest BCUT2D eigenvalue weighted by molar-refractivity contribution is 5.35. The van der Waals surface area contributed by atoms with Crippen molar-refractivity contribution >= 4 is 0 Å². The van der Waals surface area contributed by atoms with Gasteiger partial charge < -0.3 is 9.47 Å². The number of benzene rings is 2. The van der Waals surface area contributed by atoms with Gasteiger partial charge in [-0.25, -0.2) is 4.90 Å². The topological polar surface area (TPSA) is 30.9 Å². The number of ether oxygens (including phenoxy) is 3. The molecular formula is C22H23F8NO3. The third-order valence-electron chi connectivity index (χ3n) is 4.67. The summed E-state index contributed by atoms with van der Waals surface area (Å²) in [4.78, 5) is 0.122. The highest BCUT2D eigenvalue weighted by Crippen LogP contribution is 2.27. The first-order valence-electron chi connectivity index (χ1n) is 10.1. The molecule has 0 bridgehead atoms. The molecule has 2 aromatic rings. The zero-order valence-electron chi connectivity index (χ0n) is 18.0. The van der Waals surface area contributed by atoms with Crippen molar-refractivity contribution in [3.8, 4) is 11.5 Å². The highest BCUT2D eigenvalue weighted by atomic mass is 19.4. The van der Waals surface area contributed by atoms with E-state index in [2.05, 4.69) is 9.47 Å². The average molecular weight is 501 g/mol. The molecule has 0 heterocycles. The van der Waals surface area contributed by atoms with Crippen LogP contribution >= 0.6 is 0 Å². The van der Waals surface area contributed by atoms with E-state index in [1.54, 1.807) is 24.3 Å². The third kappa shape index (κ3) is 10.1. The molecule has 0 saturated carbocycles. The van der Waals surface area contributed by atoms with Crippen molar-refractivity contribution in [3.05, 3.63) is 59.7 Å². The molecular weight excluding hydrogens is 478 g/mol. The molecule has 0 aromatic heterocycles. The van der Waals surface area contributed by atoms with Crippen molar-refractivity contribution in [2.75, 3.05) is 13.6 Å². The minimum Gasteiger partial charge on any atom is -0.464 e. The Morgan fingerprint density at radius 3 is 2.26 bits per heavy atom. The summed E-state index contributed by atoms with van der Waals surface area (Å²) in [6.45, 7) is -3.64. The van der Waals surface area contributed by atoms with Gasteiger partial charge in [0.1, 0.15) is 11.5 Å². The van der Waals surface area contributed by atoms with E-state index in [0.717, 1.165) is 13.1 Å². The maximum absolute atomic E-state index is 12.8. The third-order valence-corrected chi connectivity index (χ3v) is 4.67. The zero-order valence-corrected chi connectivity index (χ0v) is 18.0. The van der Waals surface area contributed by atoms with E-state index in [9.17, 15) is 35.1 Å². The molecule has 0 saturated heterocycles. The summed E-state index contributed by atoms with van der Waals surface area (Å²) in [6.07, 6.45) is -10.7. The molecule has 0 N–H and O–H groups in total. The first-order chi connectivity index (χ1) is 15.8. The second-order valence-corrected chi connectivity index (χ2v) is 7.28. The summed E-state index contributed by atoms with van der Waals surface area (Å²) in [5, 5.41) is 0. The van der Waals surface area contributed by atoms with Crippen LogP contribution in [0.3, 0.4) is 0 Å². The minimum absolute atomic E-state index is 0.122. The van der Waals surface area contributed by atoms with E-state index < -0.39 is 32.1 Å². The van der Waals surface area contributed by atoms with Gasteiger partial charge in [-0.3, -0.25) is 4.74 Å². The van der Waals surface area contributed by atoms with Gasteiger partial charge >= 0.3 is 19.3 Å². The maximum atomic E-state index is 12.8. The predicted octanol–water partition coefficient (Wildman–Crippen LogP) is 6.55. The van der Waals surface area contributed by atoms with Crippen molar-refractivity contribution < 1.29 is 49.3 Å². The van der Waals surface area contributed by atoms with E-state index >= 15 is 0 Å². The molecule has 4 nitrogen and oxygen atoms in total. The lowest BCUT2D eigenvalue weighted by Crippen LogP contribution is -2.35. The molecule has 0 aliphatic rings. The van der Waals surface area contributed by atoms with Gasteiger partial charge in [-0.1, -0.05) is 30.3 Å². The van der Waals surface area contributed by atoms with Crippen LogP contribution < -0.4 is 9.47 Å². The van der Waals surface area contributed by atoms with Crippen LogP contribution in [0.5, 0.6) is 11.5 Å². The number of aryl methyl sites for hydroxylation is 2. The van der Waals surface area contributed by atoms with Crippen molar-refractivity contribution in [1.29, 1.82) is 0 Å². The number of para-hydroxylation sites is 1. The van der Waals surface area contributed by atoms with Crippen LogP contribution in [0.1, 0.15) is 24.0 Å². The quantitative estimate of drug-likeness (QED) is 0.188. The number of halogens is 8. The van der Waals surface area contributed by atoms with E-state index in [4.69, 9.17) is 4.74 Å². The Kier molecular flexibility index (Phi) is 9.92. The van der Waals surface area contributed by atoms with Crippen LogP contribution in [0.15, 0.2) is 48.5 Å². The molecule has 0 aliphatic heterocycles. The summed E-state index contributed by atoms with van der Waals surface area (Å²) in [6, 6.07) is 11.8. The molecule has 0 spiro atoms. The largest absolute Gasteiger partial charge is 0.573 e. The lowest BCUT2D eigenvalue weighted by Gasteiger charge is -2.23. The van der Waals surface area contributed by atoms with E-state index in [-0.39, 0.29) is 42.1 Å². The van der Waals surface area contributed by atoms with Gasteiger partial charge in [0.15, 0.2) is 0 Å². The van der Waals surface area contributed by atoms with Gasteiger partial charge in [0.05, 0.1) is 0 Å². The lowest BCUT2D eigenvalue weighted by atomic mass is 10.0. The Labute approximate surface area is 191 Å². The molecule has 0 aliphatic carbocycles. The molecule has 1 atom stereocenters. The summed E-state index contributed by atoms with van der Waals surface area (Å²) >= 11 is 0. The number of rotatable bonds is 12. The van der Waals surface area contributed by atoms with Crippen LogP contribution in [0.2, 0.25) is 0 Å². The summed E-state index contributed by atoms with van der Waals surface area (Å²) in [5.74, 6) is -0.191. The highest BCUT2D eigenvalue weighted by Gasteiger charge is 2.33. The number of hydrogen-bond acceptors (Lipinski definition) is 4. The number of hydrogen-bond donors (Lipinski definition) is 0. The van der Waals surface area contributed by atoms with Crippen molar-refractivity contribution in [2.24, 2.45) is 0 Å². The van der Waals surface area contributed by atoms with Crippen LogP contribution in [0.25, 0.3) is 0 Å². The van der Waals surface area contributed by atoms with E-state index in [0.29, 0.717) is 11.1 Å². The fourth-order valence-corrected chi connectivity index (χ4v) is 3.04. The van der Waals surface area contributed by atoms with Crippen LogP contribution in [-0.2, 0) is 17.6 Å². The fourth-order valence-electron chi connectivity index (χ4n) is 3.04. The Morgan fingerprint density at radius 2 is 1.62 bits per heavy atom. The number of alkyl halides is 8. The van der Waals surface area contributed by atoms with Gasteiger partial charge in [-0.05, 0) is 55.6 Å². The van der Waals surface area contributed by atoms with Crippen LogP contribution in [0, 0.1) is 0 Å². The monoisotopic (exact) mass is 501 g/mol. The fraction of sp³-hybridized carbons (Fsp3) is 0.455. The van der Waals surface area contributed by atoms with Gasteiger partial charge in [-0.2, -0.15) is 22.0 Å². The minimum atomic E-state index is -4.83. The first-order valence-corrected chi connectivity index (χ1v) is 10.1. The smallest absolute Gasteiger partial charge is 0.464 e. The second-order valence-electron chi connectivity index (χ2n) is 7.28. The van der Waals surface area contributed by atoms with Gasteiger partial charge in [0, 0.05) is 13.0 Å². The lowest BCUT2D eigenvalue weighted by molar-refractivity contribution is -0.274. The van der Waals surface area contributed by atoms with Crippen molar-refractivity contribution in [2.45, 2.75) is 51.2 Å². The zero-order chi connectivity index (χ0) is 25.4. The van der Waals surface area contributed by atoms with E-state index in [1.165, 1.54) is 18.2 Å². The average Bonchev–Trinajstić information content (AvgIpc) is 2.71. The summed E-state index contributed by atoms with van der Waals surface area (Å²) in [5.41, 5.74) is 1.09. The van der Waals surface area contributed by atoms with E-state index in [1.807, 2.05) is 0 Å². The molecule has 0 fully saturated rings. The van der Waals surface area contributed by atoms with Crippen molar-refractivity contribution in [1.82, 2.24) is 4.90 Å². The molecule has 0 radical (unpaired) electrons. The molecule has 0 amide bonds.